The van der Waals surface area contributed by atoms with Crippen molar-refractivity contribution < 1.29 is 14.3 Å². The van der Waals surface area contributed by atoms with Gasteiger partial charge in [0.15, 0.2) is 5.78 Å². The van der Waals surface area contributed by atoms with Crippen LogP contribution in [0.2, 0.25) is 0 Å². The first-order valence-electron chi connectivity index (χ1n) is 6.57. The molecule has 0 saturated heterocycles. The quantitative estimate of drug-likeness (QED) is 0.450. The second kappa shape index (κ2) is 7.02. The first-order chi connectivity index (χ1) is 8.99. The van der Waals surface area contributed by atoms with E-state index < -0.39 is 11.9 Å². The van der Waals surface area contributed by atoms with Crippen LogP contribution in [0.3, 0.4) is 0 Å². The number of methoxy groups -OCH3 is 1. The third-order valence-electron chi connectivity index (χ3n) is 3.01. The lowest BCUT2D eigenvalue weighted by atomic mass is 9.92. The summed E-state index contributed by atoms with van der Waals surface area (Å²) in [5.41, 5.74) is 2.10. The van der Waals surface area contributed by atoms with Gasteiger partial charge in [-0.2, -0.15) is 0 Å². The van der Waals surface area contributed by atoms with Crippen LogP contribution >= 0.6 is 0 Å². The number of nitrogens with zero attached hydrogens (tertiary/aromatic N) is 1. The van der Waals surface area contributed by atoms with Crippen LogP contribution in [0, 0.1) is 19.8 Å². The van der Waals surface area contributed by atoms with E-state index in [0.29, 0.717) is 12.0 Å². The van der Waals surface area contributed by atoms with Crippen LogP contribution in [0.5, 0.6) is 0 Å². The maximum Gasteiger partial charge on any atom is 0.316 e. The number of hydrogen-bond donors (Lipinski definition) is 0. The van der Waals surface area contributed by atoms with Gasteiger partial charge in [-0.25, -0.2) is 0 Å². The van der Waals surface area contributed by atoms with Crippen LogP contribution in [0.25, 0.3) is 0 Å². The van der Waals surface area contributed by atoms with Crippen molar-refractivity contribution in [2.75, 3.05) is 7.11 Å². The lowest BCUT2D eigenvalue weighted by Gasteiger charge is -2.13. The molecule has 19 heavy (non-hydrogen) atoms. The molecule has 0 bridgehead atoms. The van der Waals surface area contributed by atoms with Crippen LogP contribution in [0.4, 0.5) is 0 Å². The Morgan fingerprint density at radius 2 is 1.84 bits per heavy atom. The standard InChI is InChI=1S/C15H21NO3/c1-5-6-7-13(15(18)19-4)14(17)12-8-10(2)16-11(3)9-12/h8-9,13H,5-7H2,1-4H3. The minimum atomic E-state index is -0.703. The van der Waals surface area contributed by atoms with E-state index in [1.165, 1.54) is 7.11 Å². The summed E-state index contributed by atoms with van der Waals surface area (Å²) in [6.45, 7) is 5.70. The Labute approximate surface area is 114 Å². The van der Waals surface area contributed by atoms with Gasteiger partial charge in [-0.3, -0.25) is 14.6 Å². The van der Waals surface area contributed by atoms with E-state index in [2.05, 4.69) is 4.98 Å². The topological polar surface area (TPSA) is 56.3 Å². The molecule has 0 aliphatic rings. The average Bonchev–Trinajstić information content (AvgIpc) is 2.37. The highest BCUT2D eigenvalue weighted by Gasteiger charge is 2.28. The zero-order valence-electron chi connectivity index (χ0n) is 12.0. The van der Waals surface area contributed by atoms with Gasteiger partial charge in [-0.1, -0.05) is 19.8 Å². The van der Waals surface area contributed by atoms with Gasteiger partial charge < -0.3 is 4.74 Å². The van der Waals surface area contributed by atoms with Crippen molar-refractivity contribution in [3.05, 3.63) is 29.1 Å². The molecule has 0 aliphatic heterocycles. The number of carbonyl (C=O) groups is 2. The van der Waals surface area contributed by atoms with E-state index in [-0.39, 0.29) is 5.78 Å². The summed E-state index contributed by atoms with van der Waals surface area (Å²) < 4.78 is 4.74. The third kappa shape index (κ3) is 4.16. The molecule has 1 unspecified atom stereocenters. The van der Waals surface area contributed by atoms with Crippen molar-refractivity contribution in [3.8, 4) is 0 Å². The Balaban J connectivity index is 3.00. The molecule has 104 valence electrons. The molecule has 1 rings (SSSR count). The predicted octanol–water partition coefficient (Wildman–Crippen LogP) is 2.86. The molecule has 4 heteroatoms. The number of pyridine rings is 1. The van der Waals surface area contributed by atoms with Crippen molar-refractivity contribution in [2.24, 2.45) is 5.92 Å². The van der Waals surface area contributed by atoms with Crippen LogP contribution < -0.4 is 0 Å². The normalized spacial score (nSPS) is 12.0. The van der Waals surface area contributed by atoms with E-state index in [9.17, 15) is 9.59 Å². The molecule has 4 nitrogen and oxygen atoms in total. The molecular weight excluding hydrogens is 242 g/mol. The van der Waals surface area contributed by atoms with E-state index >= 15 is 0 Å². The number of unbranched alkanes of at least 4 members (excludes halogenated alkanes) is 1. The molecule has 0 saturated carbocycles. The summed E-state index contributed by atoms with van der Waals surface area (Å²) in [5, 5.41) is 0. The first-order valence-corrected chi connectivity index (χ1v) is 6.57. The van der Waals surface area contributed by atoms with E-state index in [4.69, 9.17) is 4.74 Å². The Kier molecular flexibility index (Phi) is 5.67. The highest BCUT2D eigenvalue weighted by molar-refractivity contribution is 6.08. The largest absolute Gasteiger partial charge is 0.468 e. The zero-order valence-corrected chi connectivity index (χ0v) is 12.0. The summed E-state index contributed by atoms with van der Waals surface area (Å²) in [7, 11) is 1.32. The highest BCUT2D eigenvalue weighted by Crippen LogP contribution is 2.18. The molecule has 0 aromatic carbocycles. The minimum absolute atomic E-state index is 0.172. The lowest BCUT2D eigenvalue weighted by Crippen LogP contribution is -2.25. The number of esters is 1. The van der Waals surface area contributed by atoms with Gasteiger partial charge in [0.05, 0.1) is 7.11 Å². The minimum Gasteiger partial charge on any atom is -0.468 e. The zero-order chi connectivity index (χ0) is 14.4. The predicted molar refractivity (Wildman–Crippen MR) is 73.1 cm³/mol. The van der Waals surface area contributed by atoms with E-state index in [0.717, 1.165) is 24.2 Å². The first kappa shape index (κ1) is 15.3. The van der Waals surface area contributed by atoms with Crippen LogP contribution in [0.1, 0.15) is 47.9 Å². The number of aryl methyl sites for hydroxylation is 2. The van der Waals surface area contributed by atoms with Crippen molar-refractivity contribution in [2.45, 2.75) is 40.0 Å². The van der Waals surface area contributed by atoms with Gasteiger partial charge in [0, 0.05) is 17.0 Å². The van der Waals surface area contributed by atoms with Crippen molar-refractivity contribution in [1.82, 2.24) is 4.98 Å². The number of ether oxygens (including phenoxy) is 1. The van der Waals surface area contributed by atoms with Crippen molar-refractivity contribution in [1.29, 1.82) is 0 Å². The number of ketones is 1. The van der Waals surface area contributed by atoms with Gasteiger partial charge in [-0.15, -0.1) is 0 Å². The van der Waals surface area contributed by atoms with E-state index in [1.54, 1.807) is 12.1 Å². The molecular formula is C15H21NO3. The molecule has 1 aromatic rings. The Morgan fingerprint density at radius 1 is 1.26 bits per heavy atom. The van der Waals surface area contributed by atoms with Crippen LogP contribution in [-0.2, 0) is 9.53 Å². The molecule has 0 fully saturated rings. The smallest absolute Gasteiger partial charge is 0.316 e. The van der Waals surface area contributed by atoms with Gasteiger partial charge in [0.1, 0.15) is 5.92 Å². The highest BCUT2D eigenvalue weighted by atomic mass is 16.5. The summed E-state index contributed by atoms with van der Waals surface area (Å²) >= 11 is 0. The number of hydrogen-bond acceptors (Lipinski definition) is 4. The Hall–Kier alpha value is -1.71. The molecule has 1 aromatic heterocycles. The molecule has 0 amide bonds. The number of carbonyl (C=O) groups excluding carboxylic acids is 2. The number of Topliss-reactive ketones (excluding diaryl/α,β-unsaturated/α-hetero) is 1. The summed E-state index contributed by atoms with van der Waals surface area (Å²) in [4.78, 5) is 28.4. The third-order valence-corrected chi connectivity index (χ3v) is 3.01. The fraction of sp³-hybridized carbons (Fsp3) is 0.533. The number of rotatable bonds is 6. The monoisotopic (exact) mass is 263 g/mol. The summed E-state index contributed by atoms with van der Waals surface area (Å²) in [5.74, 6) is -1.33. The maximum atomic E-state index is 12.4. The molecule has 1 atom stereocenters. The van der Waals surface area contributed by atoms with Gasteiger partial charge in [-0.05, 0) is 32.4 Å². The Bertz CT molecular complexity index is 448. The van der Waals surface area contributed by atoms with Gasteiger partial charge in [0.25, 0.3) is 0 Å². The van der Waals surface area contributed by atoms with Crippen molar-refractivity contribution >= 4 is 11.8 Å². The van der Waals surface area contributed by atoms with Gasteiger partial charge in [0.2, 0.25) is 0 Å². The lowest BCUT2D eigenvalue weighted by molar-refractivity contribution is -0.143. The average molecular weight is 263 g/mol. The fourth-order valence-electron chi connectivity index (χ4n) is 2.08. The Morgan fingerprint density at radius 3 is 2.32 bits per heavy atom. The maximum absolute atomic E-state index is 12.4. The summed E-state index contributed by atoms with van der Waals surface area (Å²) in [6.07, 6.45) is 2.30. The van der Waals surface area contributed by atoms with Crippen molar-refractivity contribution in [3.63, 3.8) is 0 Å². The number of aromatic nitrogens is 1. The molecule has 0 radical (unpaired) electrons. The summed E-state index contributed by atoms with van der Waals surface area (Å²) in [6, 6.07) is 3.44. The molecule has 1 heterocycles. The second-order valence-corrected chi connectivity index (χ2v) is 4.72. The fourth-order valence-corrected chi connectivity index (χ4v) is 2.08. The van der Waals surface area contributed by atoms with Crippen LogP contribution in [-0.4, -0.2) is 23.8 Å². The molecule has 0 N–H and O–H groups in total. The van der Waals surface area contributed by atoms with Crippen LogP contribution in [0.15, 0.2) is 12.1 Å². The van der Waals surface area contributed by atoms with E-state index in [1.807, 2.05) is 20.8 Å². The molecule has 0 spiro atoms. The van der Waals surface area contributed by atoms with Gasteiger partial charge >= 0.3 is 5.97 Å². The SMILES string of the molecule is CCCCC(C(=O)OC)C(=O)c1cc(C)nc(C)c1. The second-order valence-electron chi connectivity index (χ2n) is 4.72. The molecule has 0 aliphatic carbocycles.